The summed E-state index contributed by atoms with van der Waals surface area (Å²) in [7, 11) is 1.59. The first kappa shape index (κ1) is 21.1. The van der Waals surface area contributed by atoms with Gasteiger partial charge in [0, 0.05) is 7.11 Å². The number of rotatable bonds is 10. The van der Waals surface area contributed by atoms with Crippen molar-refractivity contribution in [1.82, 2.24) is 9.96 Å². The second-order valence-corrected chi connectivity index (χ2v) is 7.23. The van der Waals surface area contributed by atoms with Gasteiger partial charge in [-0.05, 0) is 28.8 Å². The average molecular weight is 428 g/mol. The lowest BCUT2D eigenvalue weighted by Gasteiger charge is -2.30. The predicted octanol–water partition coefficient (Wildman–Crippen LogP) is 2.74. The summed E-state index contributed by atoms with van der Waals surface area (Å²) in [4.78, 5) is 32.1. The van der Waals surface area contributed by atoms with Gasteiger partial charge in [-0.1, -0.05) is 36.4 Å². The van der Waals surface area contributed by atoms with Crippen LogP contribution >= 0.6 is 0 Å². The van der Waals surface area contributed by atoms with Crippen LogP contribution in [0.1, 0.15) is 28.8 Å². The summed E-state index contributed by atoms with van der Waals surface area (Å²) >= 11 is 0. The first-order chi connectivity index (χ1) is 15.1. The predicted molar refractivity (Wildman–Crippen MR) is 108 cm³/mol. The summed E-state index contributed by atoms with van der Waals surface area (Å²) in [6.45, 7) is 1.32. The number of carbonyl (C=O) groups excluding carboxylic acids is 1. The van der Waals surface area contributed by atoms with E-state index in [4.69, 9.17) is 19.0 Å². The molecule has 1 saturated heterocycles. The van der Waals surface area contributed by atoms with Crippen LogP contribution in [0.5, 0.6) is 5.75 Å². The van der Waals surface area contributed by atoms with Gasteiger partial charge in [-0.15, -0.1) is 0 Å². The third kappa shape index (κ3) is 4.34. The largest absolute Gasteiger partial charge is 0.479 e. The van der Waals surface area contributed by atoms with Gasteiger partial charge in [-0.3, -0.25) is 4.84 Å². The van der Waals surface area contributed by atoms with Crippen LogP contribution in [0.2, 0.25) is 0 Å². The lowest BCUT2D eigenvalue weighted by atomic mass is 9.91. The third-order valence-electron chi connectivity index (χ3n) is 5.30. The maximum Gasteiger partial charge on any atom is 0.345 e. The van der Waals surface area contributed by atoms with Crippen LogP contribution in [-0.2, 0) is 25.7 Å². The minimum absolute atomic E-state index is 0.0362. The van der Waals surface area contributed by atoms with Crippen molar-refractivity contribution in [2.24, 2.45) is 0 Å². The monoisotopic (exact) mass is 428 g/mol. The molecule has 9 nitrogen and oxygen atoms in total. The number of fused-ring (bicyclic) bond motifs is 4. The number of amides is 2. The summed E-state index contributed by atoms with van der Waals surface area (Å²) < 4.78 is 15.9. The molecule has 31 heavy (non-hydrogen) atoms. The fourth-order valence-electron chi connectivity index (χ4n) is 3.83. The number of hydrogen-bond donors (Lipinski definition) is 1. The van der Waals surface area contributed by atoms with Gasteiger partial charge in [0.05, 0.1) is 19.8 Å². The zero-order valence-corrected chi connectivity index (χ0v) is 17.1. The second kappa shape index (κ2) is 9.34. The smallest absolute Gasteiger partial charge is 0.345 e. The Balaban J connectivity index is 1.55. The van der Waals surface area contributed by atoms with Crippen molar-refractivity contribution in [2.45, 2.75) is 18.7 Å². The highest BCUT2D eigenvalue weighted by molar-refractivity contribution is 5.87. The van der Waals surface area contributed by atoms with Crippen molar-refractivity contribution in [3.05, 3.63) is 65.2 Å². The number of carboxylic acids is 1. The number of methoxy groups -OCH3 is 1. The summed E-state index contributed by atoms with van der Waals surface area (Å²) in [6, 6.07) is 12.6. The molecule has 1 N–H and O–H groups in total. The highest BCUT2D eigenvalue weighted by Crippen LogP contribution is 2.45. The maximum atomic E-state index is 12.9. The Kier molecular flexibility index (Phi) is 6.36. The van der Waals surface area contributed by atoms with Gasteiger partial charge in [0.1, 0.15) is 18.4 Å². The van der Waals surface area contributed by atoms with Crippen LogP contribution in [0.15, 0.2) is 48.5 Å². The molecule has 0 radical (unpaired) electrons. The van der Waals surface area contributed by atoms with Crippen LogP contribution in [0.4, 0.5) is 4.79 Å². The molecule has 2 aliphatic heterocycles. The van der Waals surface area contributed by atoms with Crippen LogP contribution in [-0.4, -0.2) is 60.7 Å². The van der Waals surface area contributed by atoms with Gasteiger partial charge in [0.2, 0.25) is 0 Å². The molecule has 2 aliphatic rings. The lowest BCUT2D eigenvalue weighted by Crippen LogP contribution is -2.38. The zero-order valence-electron chi connectivity index (χ0n) is 17.1. The molecule has 0 saturated carbocycles. The van der Waals surface area contributed by atoms with Crippen LogP contribution in [0.3, 0.4) is 0 Å². The van der Waals surface area contributed by atoms with E-state index in [0.29, 0.717) is 30.1 Å². The summed E-state index contributed by atoms with van der Waals surface area (Å²) in [6.07, 6.45) is 0. The van der Waals surface area contributed by atoms with Crippen LogP contribution < -0.4 is 4.74 Å². The standard InChI is InChI=1S/C22H24N2O7/c1-28-9-10-29-14-30-16-7-8-17-18(11-16)19-12-23(20(17)21(25)26)22(27)24(19)31-13-15-5-3-2-4-6-15/h2-8,11,19-20H,9-10,12-14H2,1H3,(H,25,26). The molecule has 2 aromatic rings. The quantitative estimate of drug-likeness (QED) is 0.459. The van der Waals surface area contributed by atoms with Gasteiger partial charge in [0.15, 0.2) is 12.8 Å². The van der Waals surface area contributed by atoms with Gasteiger partial charge in [-0.25, -0.2) is 9.59 Å². The zero-order chi connectivity index (χ0) is 21.8. The van der Waals surface area contributed by atoms with E-state index in [1.807, 2.05) is 30.3 Å². The van der Waals surface area contributed by atoms with Crippen molar-refractivity contribution in [1.29, 1.82) is 0 Å². The Morgan fingerprint density at radius 2 is 1.94 bits per heavy atom. The highest BCUT2D eigenvalue weighted by Gasteiger charge is 2.51. The number of ether oxygens (including phenoxy) is 3. The number of hydroxylamine groups is 2. The van der Waals surface area contributed by atoms with E-state index in [2.05, 4.69) is 0 Å². The molecular weight excluding hydrogens is 404 g/mol. The second-order valence-electron chi connectivity index (χ2n) is 7.23. The number of carbonyl (C=O) groups is 2. The van der Waals surface area contributed by atoms with E-state index in [9.17, 15) is 14.7 Å². The molecule has 2 amide bonds. The van der Waals surface area contributed by atoms with E-state index in [1.54, 1.807) is 25.3 Å². The van der Waals surface area contributed by atoms with Gasteiger partial charge >= 0.3 is 12.0 Å². The van der Waals surface area contributed by atoms with E-state index in [0.717, 1.165) is 5.56 Å². The van der Waals surface area contributed by atoms with E-state index in [-0.39, 0.29) is 19.9 Å². The molecule has 1 fully saturated rings. The molecular formula is C22H24N2O7. The number of carboxylic acid groups (broad SMARTS) is 1. The first-order valence-electron chi connectivity index (χ1n) is 9.93. The molecule has 2 heterocycles. The number of benzene rings is 2. The summed E-state index contributed by atoms with van der Waals surface area (Å²) in [5.41, 5.74) is 2.15. The Morgan fingerprint density at radius 1 is 1.13 bits per heavy atom. The molecule has 2 atom stereocenters. The maximum absolute atomic E-state index is 12.9. The van der Waals surface area contributed by atoms with Crippen molar-refractivity contribution >= 4 is 12.0 Å². The average Bonchev–Trinajstić information content (AvgIpc) is 3.05. The topological polar surface area (TPSA) is 97.8 Å². The van der Waals surface area contributed by atoms with E-state index < -0.39 is 24.1 Å². The SMILES string of the molecule is COCCOCOc1ccc2c(c1)C1CN(C(=O)N1OCc1ccccc1)C2C(=O)O. The van der Waals surface area contributed by atoms with Crippen molar-refractivity contribution in [2.75, 3.05) is 33.7 Å². The van der Waals surface area contributed by atoms with Crippen LogP contribution in [0.25, 0.3) is 0 Å². The molecule has 4 rings (SSSR count). The highest BCUT2D eigenvalue weighted by atomic mass is 16.7. The number of nitrogens with zero attached hydrogens (tertiary/aromatic N) is 2. The van der Waals surface area contributed by atoms with Gasteiger partial charge in [-0.2, -0.15) is 5.06 Å². The molecule has 0 aliphatic carbocycles. The fourth-order valence-corrected chi connectivity index (χ4v) is 3.83. The van der Waals surface area contributed by atoms with Crippen molar-refractivity contribution in [3.63, 3.8) is 0 Å². The number of hydrogen-bond acceptors (Lipinski definition) is 6. The fraction of sp³-hybridized carbons (Fsp3) is 0.364. The summed E-state index contributed by atoms with van der Waals surface area (Å²) in [5, 5.41) is 11.1. The summed E-state index contributed by atoms with van der Waals surface area (Å²) in [5.74, 6) is -0.564. The molecule has 2 bridgehead atoms. The molecule has 0 aromatic heterocycles. The Hall–Kier alpha value is -3.14. The van der Waals surface area contributed by atoms with Gasteiger partial charge in [0.25, 0.3) is 0 Å². The van der Waals surface area contributed by atoms with Gasteiger partial charge < -0.3 is 24.2 Å². The minimum atomic E-state index is -1.09. The van der Waals surface area contributed by atoms with E-state index >= 15 is 0 Å². The third-order valence-corrected chi connectivity index (χ3v) is 5.30. The molecule has 2 unspecified atom stereocenters. The normalized spacial score (nSPS) is 19.5. The minimum Gasteiger partial charge on any atom is -0.479 e. The van der Waals surface area contributed by atoms with Crippen molar-refractivity contribution in [3.8, 4) is 5.75 Å². The Bertz CT molecular complexity index is 937. The Labute approximate surface area is 179 Å². The molecule has 0 spiro atoms. The first-order valence-corrected chi connectivity index (χ1v) is 9.93. The molecule has 9 heteroatoms. The number of aliphatic carboxylic acids is 1. The van der Waals surface area contributed by atoms with E-state index in [1.165, 1.54) is 9.96 Å². The van der Waals surface area contributed by atoms with Crippen molar-refractivity contribution < 1.29 is 33.7 Å². The molecule has 164 valence electrons. The van der Waals surface area contributed by atoms with Crippen LogP contribution in [0, 0.1) is 0 Å². The lowest BCUT2D eigenvalue weighted by molar-refractivity contribution is -0.143. The number of urea groups is 1. The Morgan fingerprint density at radius 3 is 2.68 bits per heavy atom. The molecule has 2 aromatic carbocycles.